The predicted octanol–water partition coefficient (Wildman–Crippen LogP) is 3.06. The van der Waals surface area contributed by atoms with Gasteiger partial charge in [0.1, 0.15) is 17.3 Å². The van der Waals surface area contributed by atoms with E-state index in [2.05, 4.69) is 15.6 Å². The highest BCUT2D eigenvalue weighted by molar-refractivity contribution is 5.79. The fraction of sp³-hybridized carbons (Fsp3) is 0.350. The van der Waals surface area contributed by atoms with Crippen molar-refractivity contribution in [1.29, 1.82) is 0 Å². The van der Waals surface area contributed by atoms with Gasteiger partial charge in [-0.15, -0.1) is 0 Å². The van der Waals surface area contributed by atoms with Crippen LogP contribution in [-0.2, 0) is 13.0 Å². The summed E-state index contributed by atoms with van der Waals surface area (Å²) in [5, 5.41) is 6.44. The second kappa shape index (κ2) is 9.65. The van der Waals surface area contributed by atoms with Crippen LogP contribution in [0.4, 0.5) is 4.39 Å². The van der Waals surface area contributed by atoms with Gasteiger partial charge in [-0.05, 0) is 54.3 Å². The average molecular weight is 359 g/mol. The smallest absolute Gasteiger partial charge is 0.191 e. The van der Waals surface area contributed by atoms with Gasteiger partial charge in [-0.2, -0.15) is 0 Å². The third-order valence-electron chi connectivity index (χ3n) is 4.09. The first-order valence-electron chi connectivity index (χ1n) is 8.47. The fourth-order valence-electron chi connectivity index (χ4n) is 2.55. The number of methoxy groups -OCH3 is 2. The molecule has 0 unspecified atom stereocenters. The molecule has 2 aromatic carbocycles. The molecule has 26 heavy (non-hydrogen) atoms. The van der Waals surface area contributed by atoms with Crippen molar-refractivity contribution in [2.24, 2.45) is 4.99 Å². The minimum absolute atomic E-state index is 0.197. The Morgan fingerprint density at radius 3 is 2.54 bits per heavy atom. The highest BCUT2D eigenvalue weighted by Gasteiger charge is 2.06. The van der Waals surface area contributed by atoms with Gasteiger partial charge in [-0.1, -0.05) is 12.1 Å². The zero-order chi connectivity index (χ0) is 18.9. The third kappa shape index (κ3) is 5.37. The number of halogens is 1. The molecule has 140 valence electrons. The zero-order valence-electron chi connectivity index (χ0n) is 15.7. The van der Waals surface area contributed by atoms with Gasteiger partial charge in [0.05, 0.1) is 14.2 Å². The molecule has 0 amide bonds. The number of aliphatic imine (C=N–C) groups is 1. The van der Waals surface area contributed by atoms with Gasteiger partial charge in [0.15, 0.2) is 5.96 Å². The first-order chi connectivity index (χ1) is 12.6. The number of benzene rings is 2. The lowest BCUT2D eigenvalue weighted by Gasteiger charge is -2.14. The SMILES string of the molecule is CN=C(NCCc1cc(OC)ccc1OC)NCc1ccc(C)c(F)c1. The summed E-state index contributed by atoms with van der Waals surface area (Å²) in [7, 11) is 5.00. The minimum Gasteiger partial charge on any atom is -0.497 e. The molecule has 0 radical (unpaired) electrons. The van der Waals surface area contributed by atoms with Gasteiger partial charge in [0.2, 0.25) is 0 Å². The number of nitrogens with zero attached hydrogens (tertiary/aromatic N) is 1. The summed E-state index contributed by atoms with van der Waals surface area (Å²) in [6.45, 7) is 2.92. The molecule has 2 aromatic rings. The van der Waals surface area contributed by atoms with Gasteiger partial charge in [-0.25, -0.2) is 4.39 Å². The first kappa shape index (κ1) is 19.6. The summed E-state index contributed by atoms with van der Waals surface area (Å²) >= 11 is 0. The number of hydrogen-bond donors (Lipinski definition) is 2. The standard InChI is InChI=1S/C20H26FN3O2/c1-14-5-6-15(11-18(14)21)13-24-20(22-2)23-10-9-16-12-17(25-3)7-8-19(16)26-4/h5-8,11-12H,9-10,13H2,1-4H3,(H2,22,23,24). The molecule has 2 rings (SSSR count). The summed E-state index contributed by atoms with van der Waals surface area (Å²) in [4.78, 5) is 4.20. The van der Waals surface area contributed by atoms with Crippen LogP contribution < -0.4 is 20.1 Å². The predicted molar refractivity (Wildman–Crippen MR) is 103 cm³/mol. The molecule has 0 aliphatic carbocycles. The van der Waals surface area contributed by atoms with Crippen LogP contribution in [0.5, 0.6) is 11.5 Å². The van der Waals surface area contributed by atoms with Crippen molar-refractivity contribution in [2.45, 2.75) is 19.9 Å². The molecule has 0 atom stereocenters. The Hall–Kier alpha value is -2.76. The summed E-state index contributed by atoms with van der Waals surface area (Å²) in [5.74, 6) is 2.08. The van der Waals surface area contributed by atoms with Crippen LogP contribution in [0.1, 0.15) is 16.7 Å². The lowest BCUT2D eigenvalue weighted by molar-refractivity contribution is 0.398. The molecule has 5 nitrogen and oxygen atoms in total. The minimum atomic E-state index is -0.197. The number of ether oxygens (including phenoxy) is 2. The Bertz CT molecular complexity index is 763. The first-order valence-corrected chi connectivity index (χ1v) is 8.47. The van der Waals surface area contributed by atoms with Gasteiger partial charge >= 0.3 is 0 Å². The second-order valence-corrected chi connectivity index (χ2v) is 5.86. The molecule has 0 aliphatic heterocycles. The topological polar surface area (TPSA) is 54.9 Å². The Morgan fingerprint density at radius 1 is 1.08 bits per heavy atom. The van der Waals surface area contributed by atoms with E-state index in [0.717, 1.165) is 29.0 Å². The van der Waals surface area contributed by atoms with Gasteiger partial charge in [-0.3, -0.25) is 4.99 Å². The normalized spacial score (nSPS) is 11.2. The highest BCUT2D eigenvalue weighted by atomic mass is 19.1. The molecule has 0 aromatic heterocycles. The summed E-state index contributed by atoms with van der Waals surface area (Å²) < 4.78 is 24.3. The Morgan fingerprint density at radius 2 is 1.88 bits per heavy atom. The van der Waals surface area contributed by atoms with E-state index in [1.54, 1.807) is 34.3 Å². The van der Waals surface area contributed by atoms with E-state index >= 15 is 0 Å². The molecular formula is C20H26FN3O2. The molecular weight excluding hydrogens is 333 g/mol. The van der Waals surface area contributed by atoms with Crippen LogP contribution in [-0.4, -0.2) is 33.8 Å². The van der Waals surface area contributed by atoms with E-state index in [-0.39, 0.29) is 5.82 Å². The maximum Gasteiger partial charge on any atom is 0.191 e. The van der Waals surface area contributed by atoms with Crippen LogP contribution in [0.3, 0.4) is 0 Å². The Balaban J connectivity index is 1.88. The molecule has 0 aliphatic rings. The maximum atomic E-state index is 13.6. The second-order valence-electron chi connectivity index (χ2n) is 5.86. The van der Waals surface area contributed by atoms with Gasteiger partial charge in [0.25, 0.3) is 0 Å². The monoisotopic (exact) mass is 359 g/mol. The van der Waals surface area contributed by atoms with E-state index in [4.69, 9.17) is 9.47 Å². The van der Waals surface area contributed by atoms with Gasteiger partial charge < -0.3 is 20.1 Å². The Labute approximate surface area is 154 Å². The molecule has 6 heteroatoms. The number of rotatable bonds is 7. The summed E-state index contributed by atoms with van der Waals surface area (Å²) in [6.07, 6.45) is 0.750. The number of aryl methyl sites for hydroxylation is 1. The average Bonchev–Trinajstić information content (AvgIpc) is 2.66. The fourth-order valence-corrected chi connectivity index (χ4v) is 2.55. The Kier molecular flexibility index (Phi) is 7.26. The van der Waals surface area contributed by atoms with Gasteiger partial charge in [0, 0.05) is 20.1 Å². The van der Waals surface area contributed by atoms with Crippen molar-refractivity contribution in [1.82, 2.24) is 10.6 Å². The van der Waals surface area contributed by atoms with Crippen molar-refractivity contribution < 1.29 is 13.9 Å². The molecule has 2 N–H and O–H groups in total. The quantitative estimate of drug-likeness (QED) is 0.589. The van der Waals surface area contributed by atoms with Crippen LogP contribution in [0, 0.1) is 12.7 Å². The van der Waals surface area contributed by atoms with Crippen LogP contribution in [0.15, 0.2) is 41.4 Å². The summed E-state index contributed by atoms with van der Waals surface area (Å²) in [5.41, 5.74) is 2.56. The number of nitrogens with one attached hydrogen (secondary N) is 2. The molecule has 0 spiro atoms. The largest absolute Gasteiger partial charge is 0.497 e. The molecule has 0 fully saturated rings. The van der Waals surface area contributed by atoms with Crippen LogP contribution in [0.2, 0.25) is 0 Å². The zero-order valence-corrected chi connectivity index (χ0v) is 15.7. The van der Waals surface area contributed by atoms with Crippen molar-refractivity contribution in [3.05, 3.63) is 58.9 Å². The summed E-state index contributed by atoms with van der Waals surface area (Å²) in [6, 6.07) is 10.9. The molecule has 0 heterocycles. The molecule has 0 saturated carbocycles. The maximum absolute atomic E-state index is 13.6. The van der Waals surface area contributed by atoms with E-state index in [1.807, 2.05) is 24.3 Å². The third-order valence-corrected chi connectivity index (χ3v) is 4.09. The van der Waals surface area contributed by atoms with Crippen molar-refractivity contribution in [3.8, 4) is 11.5 Å². The lowest BCUT2D eigenvalue weighted by atomic mass is 10.1. The van der Waals surface area contributed by atoms with Crippen molar-refractivity contribution >= 4 is 5.96 Å². The lowest BCUT2D eigenvalue weighted by Crippen LogP contribution is -2.37. The number of guanidine groups is 1. The van der Waals surface area contributed by atoms with Crippen LogP contribution >= 0.6 is 0 Å². The number of hydrogen-bond acceptors (Lipinski definition) is 3. The molecule has 0 saturated heterocycles. The molecule has 0 bridgehead atoms. The van der Waals surface area contributed by atoms with Crippen molar-refractivity contribution in [3.63, 3.8) is 0 Å². The van der Waals surface area contributed by atoms with E-state index in [1.165, 1.54) is 6.07 Å². The van der Waals surface area contributed by atoms with Crippen molar-refractivity contribution in [2.75, 3.05) is 27.8 Å². The van der Waals surface area contributed by atoms with E-state index in [0.29, 0.717) is 24.6 Å². The highest BCUT2D eigenvalue weighted by Crippen LogP contribution is 2.24. The van der Waals surface area contributed by atoms with Crippen LogP contribution in [0.25, 0.3) is 0 Å². The van der Waals surface area contributed by atoms with E-state index < -0.39 is 0 Å². The van der Waals surface area contributed by atoms with E-state index in [9.17, 15) is 4.39 Å².